The molecule has 1 unspecified atom stereocenters. The summed E-state index contributed by atoms with van der Waals surface area (Å²) in [5.74, 6) is -1.41. The predicted octanol–water partition coefficient (Wildman–Crippen LogP) is 4.93. The Kier molecular flexibility index (Phi) is 9.88. The van der Waals surface area contributed by atoms with Crippen LogP contribution >= 0.6 is 11.6 Å². The lowest BCUT2D eigenvalue weighted by Gasteiger charge is -2.32. The molecule has 0 saturated heterocycles. The van der Waals surface area contributed by atoms with Crippen LogP contribution in [0.25, 0.3) is 0 Å². The third-order valence-electron chi connectivity index (χ3n) is 6.03. The van der Waals surface area contributed by atoms with Gasteiger partial charge >= 0.3 is 0 Å². The van der Waals surface area contributed by atoms with E-state index in [-0.39, 0.29) is 23.0 Å². The van der Waals surface area contributed by atoms with Crippen LogP contribution in [-0.2, 0) is 26.2 Å². The maximum absolute atomic E-state index is 13.8. The van der Waals surface area contributed by atoms with Crippen molar-refractivity contribution in [3.8, 4) is 0 Å². The number of sulfonamides is 1. The summed E-state index contributed by atoms with van der Waals surface area (Å²) in [6, 6.07) is 17.2. The quantitative estimate of drug-likeness (QED) is 0.361. The lowest BCUT2D eigenvalue weighted by atomic mass is 10.1. The first-order chi connectivity index (χ1) is 18.0. The van der Waals surface area contributed by atoms with Gasteiger partial charge in [0.25, 0.3) is 10.0 Å². The molecule has 0 heterocycles. The summed E-state index contributed by atoms with van der Waals surface area (Å²) in [6.45, 7) is 5.04. The molecule has 0 spiro atoms. The zero-order valence-corrected chi connectivity index (χ0v) is 23.1. The minimum Gasteiger partial charge on any atom is -0.354 e. The number of halogens is 2. The zero-order valence-electron chi connectivity index (χ0n) is 21.5. The number of aryl methyl sites for hydroxylation is 1. The maximum Gasteiger partial charge on any atom is 0.264 e. The van der Waals surface area contributed by atoms with E-state index in [1.807, 2.05) is 6.92 Å². The van der Waals surface area contributed by atoms with Gasteiger partial charge in [-0.2, -0.15) is 0 Å². The molecule has 0 fully saturated rings. The maximum atomic E-state index is 13.8. The Morgan fingerprint density at radius 3 is 2.32 bits per heavy atom. The summed E-state index contributed by atoms with van der Waals surface area (Å²) in [5, 5.41) is 3.09. The number of carbonyl (C=O) groups is 2. The Labute approximate surface area is 228 Å². The van der Waals surface area contributed by atoms with Gasteiger partial charge in [-0.05, 0) is 67.8 Å². The van der Waals surface area contributed by atoms with Crippen molar-refractivity contribution < 1.29 is 22.4 Å². The minimum atomic E-state index is -4.18. The van der Waals surface area contributed by atoms with Crippen molar-refractivity contribution in [1.82, 2.24) is 10.2 Å². The zero-order chi connectivity index (χ0) is 27.9. The van der Waals surface area contributed by atoms with E-state index in [9.17, 15) is 22.4 Å². The first-order valence-corrected chi connectivity index (χ1v) is 14.0. The fourth-order valence-corrected chi connectivity index (χ4v) is 5.51. The first kappa shape index (κ1) is 29.1. The number of nitrogens with zero attached hydrogens (tertiary/aromatic N) is 2. The Hall–Kier alpha value is -3.43. The van der Waals surface area contributed by atoms with Crippen LogP contribution in [0.15, 0.2) is 77.7 Å². The standard InChI is InChI=1S/C28H31ClFN3O4S/c1-4-16-31-28(35)21(3)32(18-22-11-14-24(30)15-12-22)27(34)19-33(26-17-23(29)13-10-20(26)2)38(36,37)25-8-6-5-7-9-25/h5-15,17,21H,4,16,18-19H2,1-3H3,(H,31,35). The summed E-state index contributed by atoms with van der Waals surface area (Å²) in [4.78, 5) is 28.0. The van der Waals surface area contributed by atoms with E-state index >= 15 is 0 Å². The molecule has 38 heavy (non-hydrogen) atoms. The molecule has 3 rings (SSSR count). The van der Waals surface area contributed by atoms with Crippen LogP contribution in [0.5, 0.6) is 0 Å². The molecular weight excluding hydrogens is 529 g/mol. The number of hydrogen-bond acceptors (Lipinski definition) is 4. The summed E-state index contributed by atoms with van der Waals surface area (Å²) in [7, 11) is -4.18. The molecule has 3 aromatic carbocycles. The molecular formula is C28H31ClFN3O4S. The number of hydrogen-bond donors (Lipinski definition) is 1. The van der Waals surface area contributed by atoms with E-state index in [4.69, 9.17) is 11.6 Å². The smallest absolute Gasteiger partial charge is 0.264 e. The van der Waals surface area contributed by atoms with Gasteiger partial charge in [-0.3, -0.25) is 13.9 Å². The van der Waals surface area contributed by atoms with Gasteiger partial charge in [0, 0.05) is 18.1 Å². The van der Waals surface area contributed by atoms with Crippen molar-refractivity contribution >= 4 is 39.1 Å². The molecule has 1 N–H and O–H groups in total. The Bertz CT molecular complexity index is 1370. The molecule has 1 atom stereocenters. The molecule has 202 valence electrons. The van der Waals surface area contributed by atoms with Crippen molar-refractivity contribution in [2.75, 3.05) is 17.4 Å². The van der Waals surface area contributed by atoms with E-state index in [0.717, 1.165) is 4.31 Å². The number of nitrogens with one attached hydrogen (secondary N) is 1. The van der Waals surface area contributed by atoms with E-state index in [1.165, 1.54) is 47.4 Å². The lowest BCUT2D eigenvalue weighted by Crippen LogP contribution is -2.51. The van der Waals surface area contributed by atoms with Crippen molar-refractivity contribution in [3.63, 3.8) is 0 Å². The summed E-state index contributed by atoms with van der Waals surface area (Å²) in [6.07, 6.45) is 0.710. The number of rotatable bonds is 11. The summed E-state index contributed by atoms with van der Waals surface area (Å²) < 4.78 is 42.1. The molecule has 0 aliphatic heterocycles. The van der Waals surface area contributed by atoms with Gasteiger partial charge in [-0.1, -0.05) is 54.9 Å². The fourth-order valence-electron chi connectivity index (χ4n) is 3.85. The van der Waals surface area contributed by atoms with Gasteiger partial charge in [-0.15, -0.1) is 0 Å². The topological polar surface area (TPSA) is 86.8 Å². The van der Waals surface area contributed by atoms with Gasteiger partial charge in [-0.25, -0.2) is 12.8 Å². The van der Waals surface area contributed by atoms with Gasteiger partial charge in [0.05, 0.1) is 10.6 Å². The highest BCUT2D eigenvalue weighted by molar-refractivity contribution is 7.92. The monoisotopic (exact) mass is 559 g/mol. The lowest BCUT2D eigenvalue weighted by molar-refractivity contribution is -0.139. The second-order valence-corrected chi connectivity index (χ2v) is 11.2. The molecule has 3 aromatic rings. The van der Waals surface area contributed by atoms with Gasteiger partial charge < -0.3 is 10.2 Å². The van der Waals surface area contributed by atoms with Crippen molar-refractivity contribution in [3.05, 3.63) is 94.8 Å². The third kappa shape index (κ3) is 7.11. The molecule has 0 radical (unpaired) electrons. The van der Waals surface area contributed by atoms with E-state index in [1.54, 1.807) is 44.2 Å². The molecule has 0 saturated carbocycles. The highest BCUT2D eigenvalue weighted by atomic mass is 35.5. The highest BCUT2D eigenvalue weighted by Gasteiger charge is 2.33. The normalized spacial score (nSPS) is 12.0. The highest BCUT2D eigenvalue weighted by Crippen LogP contribution is 2.30. The average Bonchev–Trinajstić information content (AvgIpc) is 2.91. The van der Waals surface area contributed by atoms with Crippen LogP contribution in [0.2, 0.25) is 5.02 Å². The Morgan fingerprint density at radius 2 is 1.68 bits per heavy atom. The predicted molar refractivity (Wildman–Crippen MR) is 147 cm³/mol. The SMILES string of the molecule is CCCNC(=O)C(C)N(Cc1ccc(F)cc1)C(=O)CN(c1cc(Cl)ccc1C)S(=O)(=O)c1ccccc1. The summed E-state index contributed by atoms with van der Waals surface area (Å²) in [5.41, 5.74) is 1.44. The molecule has 0 bridgehead atoms. The first-order valence-electron chi connectivity index (χ1n) is 12.2. The number of amides is 2. The van der Waals surface area contributed by atoms with E-state index < -0.39 is 34.3 Å². The minimum absolute atomic E-state index is 0.00555. The van der Waals surface area contributed by atoms with E-state index in [0.29, 0.717) is 29.1 Å². The number of carbonyl (C=O) groups excluding carboxylic acids is 2. The van der Waals surface area contributed by atoms with E-state index in [2.05, 4.69) is 5.32 Å². The fraction of sp³-hybridized carbons (Fsp3) is 0.286. The third-order valence-corrected chi connectivity index (χ3v) is 8.04. The van der Waals surface area contributed by atoms with Crippen LogP contribution < -0.4 is 9.62 Å². The van der Waals surface area contributed by atoms with Crippen molar-refractivity contribution in [2.45, 2.75) is 44.7 Å². The van der Waals surface area contributed by atoms with Crippen molar-refractivity contribution in [2.24, 2.45) is 0 Å². The second kappa shape index (κ2) is 12.9. The van der Waals surface area contributed by atoms with Gasteiger partial charge in [0.2, 0.25) is 11.8 Å². The van der Waals surface area contributed by atoms with Gasteiger partial charge in [0.15, 0.2) is 0 Å². The van der Waals surface area contributed by atoms with Crippen molar-refractivity contribution in [1.29, 1.82) is 0 Å². The van der Waals surface area contributed by atoms with Crippen LogP contribution in [-0.4, -0.2) is 44.3 Å². The van der Waals surface area contributed by atoms with Crippen LogP contribution in [0, 0.1) is 12.7 Å². The van der Waals surface area contributed by atoms with Crippen LogP contribution in [0.4, 0.5) is 10.1 Å². The van der Waals surface area contributed by atoms with Gasteiger partial charge in [0.1, 0.15) is 18.4 Å². The second-order valence-electron chi connectivity index (χ2n) is 8.87. The molecule has 2 amide bonds. The number of benzene rings is 3. The number of anilines is 1. The molecule has 0 aromatic heterocycles. The molecule has 10 heteroatoms. The van der Waals surface area contributed by atoms with Crippen LogP contribution in [0.1, 0.15) is 31.4 Å². The average molecular weight is 560 g/mol. The Balaban J connectivity index is 2.04. The largest absolute Gasteiger partial charge is 0.354 e. The molecule has 0 aliphatic carbocycles. The Morgan fingerprint density at radius 1 is 1.03 bits per heavy atom. The van der Waals surface area contributed by atoms with Crippen LogP contribution in [0.3, 0.4) is 0 Å². The molecule has 7 nitrogen and oxygen atoms in total. The summed E-state index contributed by atoms with van der Waals surface area (Å²) >= 11 is 6.22. The molecule has 0 aliphatic rings.